The molecule has 2 aromatic carbocycles. The van der Waals surface area contributed by atoms with E-state index in [2.05, 4.69) is 5.32 Å². The summed E-state index contributed by atoms with van der Waals surface area (Å²) < 4.78 is 5.36. The number of hydrogen-bond acceptors (Lipinski definition) is 4. The molecule has 1 aliphatic rings. The van der Waals surface area contributed by atoms with Crippen LogP contribution in [0.5, 0.6) is 0 Å². The lowest BCUT2D eigenvalue weighted by Gasteiger charge is -2.21. The summed E-state index contributed by atoms with van der Waals surface area (Å²) in [6.45, 7) is 0.446. The van der Waals surface area contributed by atoms with Gasteiger partial charge in [-0.25, -0.2) is 0 Å². The van der Waals surface area contributed by atoms with Crippen molar-refractivity contribution in [3.8, 4) is 0 Å². The molecule has 0 aromatic heterocycles. The molecule has 3 rings (SSSR count). The summed E-state index contributed by atoms with van der Waals surface area (Å²) in [5.74, 6) is -0.0672. The molecular weight excluding hydrogens is 370 g/mol. The van der Waals surface area contributed by atoms with Gasteiger partial charge in [0.1, 0.15) is 5.25 Å². The van der Waals surface area contributed by atoms with Gasteiger partial charge >= 0.3 is 5.97 Å². The van der Waals surface area contributed by atoms with Gasteiger partial charge in [-0.2, -0.15) is 0 Å². The Morgan fingerprint density at radius 2 is 1.61 bits per heavy atom. The number of carbonyl (C=O) groups excluding carboxylic acids is 2. The van der Waals surface area contributed by atoms with Crippen LogP contribution in [0.1, 0.15) is 42.9 Å². The second-order valence-corrected chi connectivity index (χ2v) is 8.32. The van der Waals surface area contributed by atoms with Crippen LogP contribution in [0.15, 0.2) is 65.6 Å². The van der Waals surface area contributed by atoms with Crippen LogP contribution in [0.25, 0.3) is 0 Å². The van der Waals surface area contributed by atoms with Crippen molar-refractivity contribution in [3.05, 3.63) is 66.2 Å². The highest BCUT2D eigenvalue weighted by Gasteiger charge is 2.24. The number of benzene rings is 2. The molecule has 1 amide bonds. The van der Waals surface area contributed by atoms with Gasteiger partial charge in [-0.15, -0.1) is 11.8 Å². The molecule has 4 nitrogen and oxygen atoms in total. The van der Waals surface area contributed by atoms with E-state index in [1.165, 1.54) is 43.9 Å². The van der Waals surface area contributed by atoms with E-state index in [0.717, 1.165) is 10.5 Å². The van der Waals surface area contributed by atoms with Crippen LogP contribution in [0.2, 0.25) is 0 Å². The molecule has 2 aromatic rings. The van der Waals surface area contributed by atoms with E-state index in [-0.39, 0.29) is 12.5 Å². The van der Waals surface area contributed by atoms with Crippen LogP contribution >= 0.6 is 11.8 Å². The predicted molar refractivity (Wildman–Crippen MR) is 112 cm³/mol. The Hall–Kier alpha value is -2.27. The zero-order chi connectivity index (χ0) is 19.6. The van der Waals surface area contributed by atoms with Gasteiger partial charge in [0.2, 0.25) is 0 Å². The fourth-order valence-corrected chi connectivity index (χ4v) is 4.47. The fraction of sp³-hybridized carbons (Fsp3) is 0.391. The van der Waals surface area contributed by atoms with Crippen molar-refractivity contribution in [2.45, 2.75) is 42.2 Å². The van der Waals surface area contributed by atoms with E-state index in [0.29, 0.717) is 12.5 Å². The molecule has 148 valence electrons. The van der Waals surface area contributed by atoms with E-state index < -0.39 is 11.2 Å². The molecule has 1 fully saturated rings. The average molecular weight is 398 g/mol. The normalized spacial score (nSPS) is 15.6. The SMILES string of the molecule is O=C(COC(=O)[C@H](Sc1ccccc1)c1ccccc1)NCC1CCCCC1. The van der Waals surface area contributed by atoms with Crippen molar-refractivity contribution in [1.82, 2.24) is 5.32 Å². The van der Waals surface area contributed by atoms with E-state index >= 15 is 0 Å². The highest BCUT2D eigenvalue weighted by atomic mass is 32.2. The van der Waals surface area contributed by atoms with Crippen LogP contribution in [0.4, 0.5) is 0 Å². The maximum atomic E-state index is 12.7. The van der Waals surface area contributed by atoms with Crippen LogP contribution < -0.4 is 5.32 Å². The number of nitrogens with one attached hydrogen (secondary N) is 1. The Bertz CT molecular complexity index is 745. The van der Waals surface area contributed by atoms with Gasteiger partial charge in [0.15, 0.2) is 6.61 Å². The molecule has 28 heavy (non-hydrogen) atoms. The summed E-state index contributed by atoms with van der Waals surface area (Å²) in [4.78, 5) is 25.8. The quantitative estimate of drug-likeness (QED) is 0.515. The molecule has 0 spiro atoms. The first-order valence-corrected chi connectivity index (χ1v) is 10.8. The van der Waals surface area contributed by atoms with Crippen LogP contribution in [0, 0.1) is 5.92 Å². The number of rotatable bonds is 8. The van der Waals surface area contributed by atoms with Crippen LogP contribution in [0.3, 0.4) is 0 Å². The first-order valence-electron chi connectivity index (χ1n) is 9.92. The minimum absolute atomic E-state index is 0.226. The standard InChI is InChI=1S/C23H27NO3S/c25-21(24-16-18-10-4-1-5-11-18)17-27-23(26)22(19-12-6-2-7-13-19)28-20-14-8-3-9-15-20/h2-3,6-9,12-15,18,22H,1,4-5,10-11,16-17H2,(H,24,25)/t22-/m1/s1. The van der Waals surface area contributed by atoms with Crippen molar-refractivity contribution >= 4 is 23.6 Å². The Morgan fingerprint density at radius 3 is 2.29 bits per heavy atom. The van der Waals surface area contributed by atoms with Crippen LogP contribution in [-0.2, 0) is 14.3 Å². The molecule has 1 atom stereocenters. The molecule has 1 saturated carbocycles. The lowest BCUT2D eigenvalue weighted by molar-refractivity contribution is -0.148. The van der Waals surface area contributed by atoms with Crippen molar-refractivity contribution in [2.24, 2.45) is 5.92 Å². The minimum Gasteiger partial charge on any atom is -0.454 e. The zero-order valence-electron chi connectivity index (χ0n) is 16.0. The second kappa shape index (κ2) is 10.9. The number of amides is 1. The fourth-order valence-electron chi connectivity index (χ4n) is 3.43. The first kappa shape index (κ1) is 20.5. The molecule has 5 heteroatoms. The monoisotopic (exact) mass is 397 g/mol. The van der Waals surface area contributed by atoms with E-state index in [9.17, 15) is 9.59 Å². The lowest BCUT2D eigenvalue weighted by atomic mass is 9.89. The van der Waals surface area contributed by atoms with Gasteiger partial charge in [0, 0.05) is 11.4 Å². The molecule has 0 unspecified atom stereocenters. The predicted octanol–water partition coefficient (Wildman–Crippen LogP) is 4.76. The lowest BCUT2D eigenvalue weighted by Crippen LogP contribution is -2.34. The molecule has 1 aliphatic carbocycles. The van der Waals surface area contributed by atoms with Gasteiger partial charge in [0.05, 0.1) is 0 Å². The second-order valence-electron chi connectivity index (χ2n) is 7.14. The number of thioether (sulfide) groups is 1. The Kier molecular flexibility index (Phi) is 7.97. The summed E-state index contributed by atoms with van der Waals surface area (Å²) >= 11 is 1.43. The molecular formula is C23H27NO3S. The van der Waals surface area contributed by atoms with Crippen LogP contribution in [-0.4, -0.2) is 25.0 Å². The largest absolute Gasteiger partial charge is 0.454 e. The molecule has 0 saturated heterocycles. The van der Waals surface area contributed by atoms with Crippen molar-refractivity contribution < 1.29 is 14.3 Å². The third-order valence-electron chi connectivity index (χ3n) is 4.97. The highest BCUT2D eigenvalue weighted by molar-refractivity contribution is 8.00. The summed E-state index contributed by atoms with van der Waals surface area (Å²) in [6.07, 6.45) is 6.12. The number of hydrogen-bond donors (Lipinski definition) is 1. The highest BCUT2D eigenvalue weighted by Crippen LogP contribution is 2.36. The van der Waals surface area contributed by atoms with Crippen molar-refractivity contribution in [2.75, 3.05) is 13.2 Å². The van der Waals surface area contributed by atoms with Crippen molar-refractivity contribution in [3.63, 3.8) is 0 Å². The smallest absolute Gasteiger partial charge is 0.324 e. The van der Waals surface area contributed by atoms with Gasteiger partial charge in [-0.1, -0.05) is 67.8 Å². The molecule has 1 N–H and O–H groups in total. The minimum atomic E-state index is -0.505. The summed E-state index contributed by atoms with van der Waals surface area (Å²) in [5.41, 5.74) is 0.865. The zero-order valence-corrected chi connectivity index (χ0v) is 16.8. The molecule has 0 aliphatic heterocycles. The topological polar surface area (TPSA) is 55.4 Å². The number of ether oxygens (including phenoxy) is 1. The van der Waals surface area contributed by atoms with E-state index in [1.54, 1.807) is 0 Å². The first-order chi connectivity index (χ1) is 13.7. The van der Waals surface area contributed by atoms with E-state index in [1.807, 2.05) is 60.7 Å². The Balaban J connectivity index is 1.54. The Morgan fingerprint density at radius 1 is 0.964 bits per heavy atom. The molecule has 0 radical (unpaired) electrons. The molecule has 0 heterocycles. The number of carbonyl (C=O) groups is 2. The third kappa shape index (κ3) is 6.41. The average Bonchev–Trinajstić information content (AvgIpc) is 2.76. The summed E-state index contributed by atoms with van der Waals surface area (Å²) in [5, 5.41) is 2.41. The van der Waals surface area contributed by atoms with Gasteiger partial charge < -0.3 is 10.1 Å². The Labute approximate surface area is 171 Å². The maximum absolute atomic E-state index is 12.7. The summed E-state index contributed by atoms with van der Waals surface area (Å²) in [6, 6.07) is 19.3. The maximum Gasteiger partial charge on any atom is 0.324 e. The number of esters is 1. The molecule has 0 bridgehead atoms. The summed E-state index contributed by atoms with van der Waals surface area (Å²) in [7, 11) is 0. The third-order valence-corrected chi connectivity index (χ3v) is 6.22. The van der Waals surface area contributed by atoms with Gasteiger partial charge in [-0.05, 0) is 36.5 Å². The van der Waals surface area contributed by atoms with Crippen molar-refractivity contribution in [1.29, 1.82) is 0 Å². The van der Waals surface area contributed by atoms with Gasteiger partial charge in [-0.3, -0.25) is 9.59 Å². The van der Waals surface area contributed by atoms with Gasteiger partial charge in [0.25, 0.3) is 5.91 Å². The van der Waals surface area contributed by atoms with E-state index in [4.69, 9.17) is 4.74 Å².